The molecule has 3 unspecified atom stereocenters. The Morgan fingerprint density at radius 2 is 1.96 bits per heavy atom. The lowest BCUT2D eigenvalue weighted by atomic mass is 9.69. The molecule has 5 heteroatoms. The predicted molar refractivity (Wildman–Crippen MR) is 111 cm³/mol. The summed E-state index contributed by atoms with van der Waals surface area (Å²) in [6, 6.07) is 12.0. The zero-order valence-electron chi connectivity index (χ0n) is 15.8. The number of aliphatic imine (C=N–C) groups is 1. The van der Waals surface area contributed by atoms with E-state index in [9.17, 15) is 14.7 Å². The predicted octanol–water partition coefficient (Wildman–Crippen LogP) is 5.19. The van der Waals surface area contributed by atoms with Gasteiger partial charge in [0.25, 0.3) is 0 Å². The summed E-state index contributed by atoms with van der Waals surface area (Å²) in [7, 11) is 0. The largest absolute Gasteiger partial charge is 0.481 e. The molecule has 1 aromatic carbocycles. The van der Waals surface area contributed by atoms with Gasteiger partial charge in [0.2, 0.25) is 0 Å². The average molecular weight is 394 g/mol. The van der Waals surface area contributed by atoms with Crippen molar-refractivity contribution in [3.05, 3.63) is 69.6 Å². The highest BCUT2D eigenvalue weighted by atomic mass is 32.1. The maximum absolute atomic E-state index is 13.2. The van der Waals surface area contributed by atoms with E-state index in [1.807, 2.05) is 41.9 Å². The van der Waals surface area contributed by atoms with Crippen LogP contribution < -0.4 is 0 Å². The minimum absolute atomic E-state index is 0.0388. The molecule has 1 aliphatic carbocycles. The van der Waals surface area contributed by atoms with E-state index >= 15 is 0 Å². The molecule has 2 aromatic rings. The van der Waals surface area contributed by atoms with Crippen LogP contribution in [0, 0.1) is 5.92 Å². The minimum Gasteiger partial charge on any atom is -0.481 e. The highest BCUT2D eigenvalue weighted by Crippen LogP contribution is 2.47. The number of carboxylic acid groups (broad SMARTS) is 1. The molecular formula is C23H23NO3S. The Morgan fingerprint density at radius 1 is 1.18 bits per heavy atom. The number of hydrogen-bond donors (Lipinski definition) is 1. The van der Waals surface area contributed by atoms with Crippen molar-refractivity contribution < 1.29 is 14.7 Å². The number of benzene rings is 1. The Morgan fingerprint density at radius 3 is 2.61 bits per heavy atom. The first-order valence-electron chi connectivity index (χ1n) is 9.73. The summed E-state index contributed by atoms with van der Waals surface area (Å²) in [4.78, 5) is 30.2. The summed E-state index contributed by atoms with van der Waals surface area (Å²) in [5, 5.41) is 13.9. The number of aliphatic carboxylic acids is 1. The van der Waals surface area contributed by atoms with E-state index < -0.39 is 17.8 Å². The number of thiophene rings is 1. The lowest BCUT2D eigenvalue weighted by Crippen LogP contribution is -2.38. The monoisotopic (exact) mass is 393 g/mol. The van der Waals surface area contributed by atoms with Crippen LogP contribution in [0.15, 0.2) is 63.4 Å². The molecule has 144 valence electrons. The maximum Gasteiger partial charge on any atom is 0.313 e. The molecule has 4 nitrogen and oxygen atoms in total. The van der Waals surface area contributed by atoms with E-state index in [0.29, 0.717) is 30.5 Å². The molecule has 0 saturated heterocycles. The van der Waals surface area contributed by atoms with Gasteiger partial charge in [-0.05, 0) is 46.7 Å². The van der Waals surface area contributed by atoms with E-state index in [4.69, 9.17) is 4.99 Å². The van der Waals surface area contributed by atoms with Crippen molar-refractivity contribution in [2.75, 3.05) is 0 Å². The Labute approximate surface area is 168 Å². The first-order chi connectivity index (χ1) is 13.6. The lowest BCUT2D eigenvalue weighted by Gasteiger charge is -2.36. The number of carboxylic acids is 1. The summed E-state index contributed by atoms with van der Waals surface area (Å²) in [5.74, 6) is -1.94. The zero-order chi connectivity index (χ0) is 19.7. The topological polar surface area (TPSA) is 66.7 Å². The number of nitrogens with zero attached hydrogens (tertiary/aromatic N) is 1. The fraction of sp³-hybridized carbons (Fsp3) is 0.348. The van der Waals surface area contributed by atoms with Gasteiger partial charge >= 0.3 is 5.97 Å². The second-order valence-corrected chi connectivity index (χ2v) is 8.28. The van der Waals surface area contributed by atoms with Crippen molar-refractivity contribution in [2.24, 2.45) is 10.9 Å². The highest BCUT2D eigenvalue weighted by molar-refractivity contribution is 7.08. The molecule has 0 fully saturated rings. The van der Waals surface area contributed by atoms with Crippen molar-refractivity contribution in [3.8, 4) is 0 Å². The molecule has 0 spiro atoms. The molecule has 1 N–H and O–H groups in total. The Kier molecular flexibility index (Phi) is 5.27. The standard InChI is InChI=1S/C23H23NO3S/c1-2-6-17-22(23(26)27)20(15-9-10-28-13-15)21-18(24-17)11-16(12-19(21)25)14-7-4-3-5-8-14/h3-5,7-10,13,16,20,22H,2,6,11-12H2,1H3,(H,26,27). The number of rotatable bonds is 5. The van der Waals surface area contributed by atoms with Crippen LogP contribution in [-0.4, -0.2) is 22.6 Å². The molecule has 3 atom stereocenters. The van der Waals surface area contributed by atoms with E-state index in [1.54, 1.807) is 0 Å². The zero-order valence-corrected chi connectivity index (χ0v) is 16.6. The quantitative estimate of drug-likeness (QED) is 0.760. The molecule has 4 rings (SSSR count). The van der Waals surface area contributed by atoms with Crippen LogP contribution in [0.25, 0.3) is 0 Å². The fourth-order valence-corrected chi connectivity index (χ4v) is 5.19. The third-order valence-electron chi connectivity index (χ3n) is 5.71. The Hall–Kier alpha value is -2.53. The van der Waals surface area contributed by atoms with Crippen LogP contribution in [0.1, 0.15) is 55.6 Å². The van der Waals surface area contributed by atoms with Gasteiger partial charge in [0.1, 0.15) is 5.92 Å². The van der Waals surface area contributed by atoms with Crippen molar-refractivity contribution >= 4 is 28.8 Å². The SMILES string of the molecule is CCCC1=NC2=C(C(=O)CC(c3ccccc3)C2)C(c2ccsc2)C1C(=O)O. The Balaban J connectivity index is 1.82. The summed E-state index contributed by atoms with van der Waals surface area (Å²) >= 11 is 1.53. The van der Waals surface area contributed by atoms with Crippen LogP contribution in [-0.2, 0) is 9.59 Å². The van der Waals surface area contributed by atoms with Gasteiger partial charge in [0, 0.05) is 29.3 Å². The first kappa shape index (κ1) is 18.8. The van der Waals surface area contributed by atoms with E-state index in [2.05, 4.69) is 12.1 Å². The van der Waals surface area contributed by atoms with Gasteiger partial charge in [-0.15, -0.1) is 0 Å². The summed E-state index contributed by atoms with van der Waals surface area (Å²) in [6.45, 7) is 2.03. The van der Waals surface area contributed by atoms with E-state index in [-0.39, 0.29) is 11.7 Å². The van der Waals surface area contributed by atoms with Gasteiger partial charge in [-0.2, -0.15) is 11.3 Å². The van der Waals surface area contributed by atoms with Crippen LogP contribution in [0.4, 0.5) is 0 Å². The lowest BCUT2D eigenvalue weighted by molar-refractivity contribution is -0.139. The van der Waals surface area contributed by atoms with E-state index in [1.165, 1.54) is 11.3 Å². The van der Waals surface area contributed by atoms with Gasteiger partial charge in [-0.25, -0.2) is 0 Å². The normalized spacial score (nSPS) is 24.7. The molecule has 0 bridgehead atoms. The van der Waals surface area contributed by atoms with Gasteiger partial charge < -0.3 is 5.11 Å². The number of ketones is 1. The Bertz CT molecular complexity index is 943. The molecule has 0 amide bonds. The number of carbonyl (C=O) groups is 2. The molecule has 1 aliphatic heterocycles. The number of carbonyl (C=O) groups excluding carboxylic acids is 1. The van der Waals surface area contributed by atoms with Crippen molar-refractivity contribution in [1.29, 1.82) is 0 Å². The smallest absolute Gasteiger partial charge is 0.313 e. The van der Waals surface area contributed by atoms with Gasteiger partial charge in [0.15, 0.2) is 5.78 Å². The summed E-state index contributed by atoms with van der Waals surface area (Å²) < 4.78 is 0. The van der Waals surface area contributed by atoms with Crippen molar-refractivity contribution in [3.63, 3.8) is 0 Å². The van der Waals surface area contributed by atoms with Crippen molar-refractivity contribution in [1.82, 2.24) is 0 Å². The van der Waals surface area contributed by atoms with Crippen LogP contribution in [0.3, 0.4) is 0 Å². The summed E-state index contributed by atoms with van der Waals surface area (Å²) in [6.07, 6.45) is 2.57. The van der Waals surface area contributed by atoms with Crippen LogP contribution in [0.2, 0.25) is 0 Å². The second kappa shape index (κ2) is 7.84. The number of Topliss-reactive ketones (excluding diaryl/α,β-unsaturated/α-hetero) is 1. The maximum atomic E-state index is 13.2. The molecule has 2 aliphatic rings. The van der Waals surface area contributed by atoms with Crippen LogP contribution in [0.5, 0.6) is 0 Å². The fourth-order valence-electron chi connectivity index (χ4n) is 4.50. The van der Waals surface area contributed by atoms with Gasteiger partial charge in [0.05, 0.1) is 0 Å². The van der Waals surface area contributed by atoms with Gasteiger partial charge in [-0.3, -0.25) is 14.6 Å². The van der Waals surface area contributed by atoms with Crippen LogP contribution >= 0.6 is 11.3 Å². The average Bonchev–Trinajstić information content (AvgIpc) is 3.22. The molecule has 1 aromatic heterocycles. The minimum atomic E-state index is -0.895. The van der Waals surface area contributed by atoms with Gasteiger partial charge in [-0.1, -0.05) is 43.7 Å². The third kappa shape index (κ3) is 3.35. The molecule has 0 saturated carbocycles. The third-order valence-corrected chi connectivity index (χ3v) is 6.41. The molecule has 0 radical (unpaired) electrons. The summed E-state index contributed by atoms with van der Waals surface area (Å²) in [5.41, 5.74) is 4.17. The molecular weight excluding hydrogens is 370 g/mol. The second-order valence-electron chi connectivity index (χ2n) is 7.50. The van der Waals surface area contributed by atoms with Crippen molar-refractivity contribution in [2.45, 2.75) is 44.4 Å². The highest BCUT2D eigenvalue weighted by Gasteiger charge is 2.45. The molecule has 28 heavy (non-hydrogen) atoms. The number of hydrogen-bond acceptors (Lipinski definition) is 4. The molecule has 2 heterocycles. The first-order valence-corrected chi connectivity index (χ1v) is 10.7. The van der Waals surface area contributed by atoms with E-state index in [0.717, 1.165) is 23.2 Å². The number of allylic oxidation sites excluding steroid dienone is 2.